The van der Waals surface area contributed by atoms with Crippen molar-refractivity contribution in [1.29, 1.82) is 0 Å². The minimum atomic E-state index is -0.716. The number of likely N-dealkylation sites (tertiary alicyclic amines) is 1. The van der Waals surface area contributed by atoms with Crippen molar-refractivity contribution in [3.63, 3.8) is 0 Å². The molecule has 1 heterocycles. The molecule has 0 spiro atoms. The molecule has 1 saturated heterocycles. The molecule has 0 aromatic heterocycles. The van der Waals surface area contributed by atoms with Crippen molar-refractivity contribution in [3.8, 4) is 17.2 Å². The zero-order valence-electron chi connectivity index (χ0n) is 17.6. The summed E-state index contributed by atoms with van der Waals surface area (Å²) in [5, 5.41) is 2.98. The Bertz CT molecular complexity index is 1070. The van der Waals surface area contributed by atoms with Gasteiger partial charge in [0, 0.05) is 30.4 Å². The number of halogens is 1. The van der Waals surface area contributed by atoms with Gasteiger partial charge in [-0.3, -0.25) is 9.69 Å². The fourth-order valence-electron chi connectivity index (χ4n) is 3.69. The second kappa shape index (κ2) is 8.78. The zero-order valence-corrected chi connectivity index (χ0v) is 17.6. The molecule has 3 aromatic rings. The highest BCUT2D eigenvalue weighted by molar-refractivity contribution is 5.98. The molecule has 5 nitrogen and oxygen atoms in total. The molecule has 3 aromatic carbocycles. The Kier molecular flexibility index (Phi) is 5.91. The van der Waals surface area contributed by atoms with Gasteiger partial charge in [-0.25, -0.2) is 4.39 Å². The highest BCUT2D eigenvalue weighted by Gasteiger charge is 2.46. The van der Waals surface area contributed by atoms with Gasteiger partial charge in [0.25, 0.3) is 0 Å². The van der Waals surface area contributed by atoms with Gasteiger partial charge in [-0.1, -0.05) is 36.4 Å². The third-order valence-electron chi connectivity index (χ3n) is 5.75. The van der Waals surface area contributed by atoms with Gasteiger partial charge in [-0.05, 0) is 43.7 Å². The van der Waals surface area contributed by atoms with E-state index < -0.39 is 5.54 Å². The predicted molar refractivity (Wildman–Crippen MR) is 118 cm³/mol. The van der Waals surface area contributed by atoms with Gasteiger partial charge in [-0.15, -0.1) is 0 Å². The predicted octanol–water partition coefficient (Wildman–Crippen LogP) is 5.23. The lowest BCUT2D eigenvalue weighted by Crippen LogP contribution is -2.63. The van der Waals surface area contributed by atoms with Crippen LogP contribution in [-0.4, -0.2) is 30.0 Å². The van der Waals surface area contributed by atoms with E-state index in [-0.39, 0.29) is 17.5 Å². The van der Waals surface area contributed by atoms with Crippen molar-refractivity contribution >= 4 is 11.6 Å². The van der Waals surface area contributed by atoms with E-state index in [0.29, 0.717) is 30.0 Å². The summed E-state index contributed by atoms with van der Waals surface area (Å²) in [6.45, 7) is 2.94. The van der Waals surface area contributed by atoms with E-state index in [9.17, 15) is 9.18 Å². The van der Waals surface area contributed by atoms with Crippen LogP contribution in [0.25, 0.3) is 0 Å². The molecular formula is C25H25FN2O3. The Morgan fingerprint density at radius 3 is 2.52 bits per heavy atom. The molecule has 160 valence electrons. The van der Waals surface area contributed by atoms with Crippen LogP contribution in [0.4, 0.5) is 10.1 Å². The number of carbonyl (C=O) groups is 1. The molecule has 1 aliphatic rings. The Morgan fingerprint density at radius 2 is 1.81 bits per heavy atom. The highest BCUT2D eigenvalue weighted by atomic mass is 19.1. The molecule has 0 bridgehead atoms. The smallest absolute Gasteiger partial charge is 0.244 e. The quantitative estimate of drug-likeness (QED) is 0.569. The normalized spacial score (nSPS) is 18.2. The summed E-state index contributed by atoms with van der Waals surface area (Å²) in [5.41, 5.74) is 0.446. The number of methoxy groups -OCH3 is 1. The highest BCUT2D eigenvalue weighted by Crippen LogP contribution is 2.35. The first-order valence-corrected chi connectivity index (χ1v) is 10.2. The van der Waals surface area contributed by atoms with Crippen molar-refractivity contribution in [2.45, 2.75) is 25.4 Å². The number of nitrogens with zero attached hydrogens (tertiary/aromatic N) is 1. The van der Waals surface area contributed by atoms with Gasteiger partial charge in [0.05, 0.1) is 12.6 Å². The molecule has 1 fully saturated rings. The molecule has 1 amide bonds. The van der Waals surface area contributed by atoms with E-state index in [0.717, 1.165) is 12.3 Å². The summed E-state index contributed by atoms with van der Waals surface area (Å²) < 4.78 is 25.5. The first-order chi connectivity index (χ1) is 15.0. The van der Waals surface area contributed by atoms with Gasteiger partial charge in [0.1, 0.15) is 11.5 Å². The van der Waals surface area contributed by atoms with E-state index >= 15 is 0 Å². The number of benzene rings is 3. The number of rotatable bonds is 7. The molecule has 0 aliphatic carbocycles. The Hall–Kier alpha value is -3.38. The van der Waals surface area contributed by atoms with Crippen LogP contribution in [0.3, 0.4) is 0 Å². The number of para-hydroxylation sites is 1. The molecule has 4 rings (SSSR count). The number of anilines is 1. The number of hydrogen-bond donors (Lipinski definition) is 1. The van der Waals surface area contributed by atoms with Gasteiger partial charge in [0.15, 0.2) is 11.6 Å². The zero-order chi connectivity index (χ0) is 21.8. The van der Waals surface area contributed by atoms with Crippen LogP contribution in [0.1, 0.15) is 18.9 Å². The minimum absolute atomic E-state index is 0.126. The molecule has 6 heteroatoms. The fraction of sp³-hybridized carbons (Fsp3) is 0.240. The second-order valence-electron chi connectivity index (χ2n) is 7.78. The van der Waals surface area contributed by atoms with Crippen molar-refractivity contribution in [2.24, 2.45) is 0 Å². The molecule has 0 saturated carbocycles. The second-order valence-corrected chi connectivity index (χ2v) is 7.78. The first kappa shape index (κ1) is 20.9. The number of carbonyl (C=O) groups excluding carboxylic acids is 1. The maximum absolute atomic E-state index is 14.6. The molecule has 1 atom stereocenters. The average molecular weight is 420 g/mol. The van der Waals surface area contributed by atoms with E-state index in [2.05, 4.69) is 5.32 Å². The van der Waals surface area contributed by atoms with Crippen molar-refractivity contribution < 1.29 is 18.7 Å². The first-order valence-electron chi connectivity index (χ1n) is 10.2. The lowest BCUT2D eigenvalue weighted by atomic mass is 9.85. The van der Waals surface area contributed by atoms with Crippen LogP contribution in [0.2, 0.25) is 0 Å². The van der Waals surface area contributed by atoms with E-state index in [1.807, 2.05) is 60.4 Å². The SMILES string of the molecule is COc1cccc(CN2CCC2(C)C(=O)Nc2cccc(Oc3ccccc3)c2)c1F. The minimum Gasteiger partial charge on any atom is -0.494 e. The summed E-state index contributed by atoms with van der Waals surface area (Å²) in [7, 11) is 1.44. The number of ether oxygens (including phenoxy) is 2. The lowest BCUT2D eigenvalue weighted by molar-refractivity contribution is -0.136. The van der Waals surface area contributed by atoms with Crippen LogP contribution < -0.4 is 14.8 Å². The van der Waals surface area contributed by atoms with Crippen LogP contribution in [0, 0.1) is 5.82 Å². The Balaban J connectivity index is 1.44. The van der Waals surface area contributed by atoms with Gasteiger partial charge in [-0.2, -0.15) is 0 Å². The maximum Gasteiger partial charge on any atom is 0.244 e. The molecular weight excluding hydrogens is 395 g/mol. The topological polar surface area (TPSA) is 50.8 Å². The molecule has 31 heavy (non-hydrogen) atoms. The molecule has 0 radical (unpaired) electrons. The lowest BCUT2D eigenvalue weighted by Gasteiger charge is -2.49. The summed E-state index contributed by atoms with van der Waals surface area (Å²) >= 11 is 0. The molecule has 1 unspecified atom stereocenters. The van der Waals surface area contributed by atoms with Gasteiger partial charge in [0.2, 0.25) is 5.91 Å². The number of hydrogen-bond acceptors (Lipinski definition) is 4. The van der Waals surface area contributed by atoms with Gasteiger partial charge < -0.3 is 14.8 Å². The average Bonchev–Trinajstić information content (AvgIpc) is 2.78. The van der Waals surface area contributed by atoms with Crippen LogP contribution >= 0.6 is 0 Å². The van der Waals surface area contributed by atoms with Crippen LogP contribution in [-0.2, 0) is 11.3 Å². The summed E-state index contributed by atoms with van der Waals surface area (Å²) in [6, 6.07) is 21.8. The van der Waals surface area contributed by atoms with Crippen LogP contribution in [0.15, 0.2) is 72.8 Å². The summed E-state index contributed by atoms with van der Waals surface area (Å²) in [5.74, 6) is 1.06. The molecule has 1 N–H and O–H groups in total. The van der Waals surface area contributed by atoms with Crippen molar-refractivity contribution in [2.75, 3.05) is 19.0 Å². The van der Waals surface area contributed by atoms with E-state index in [1.165, 1.54) is 7.11 Å². The monoisotopic (exact) mass is 420 g/mol. The fourth-order valence-corrected chi connectivity index (χ4v) is 3.69. The van der Waals surface area contributed by atoms with Gasteiger partial charge >= 0.3 is 0 Å². The third kappa shape index (κ3) is 4.39. The van der Waals surface area contributed by atoms with E-state index in [4.69, 9.17) is 9.47 Å². The summed E-state index contributed by atoms with van der Waals surface area (Å²) in [6.07, 6.45) is 0.699. The number of nitrogens with one attached hydrogen (secondary N) is 1. The molecule has 1 aliphatic heterocycles. The Morgan fingerprint density at radius 1 is 1.06 bits per heavy atom. The third-order valence-corrected chi connectivity index (χ3v) is 5.75. The largest absolute Gasteiger partial charge is 0.494 e. The summed E-state index contributed by atoms with van der Waals surface area (Å²) in [4.78, 5) is 15.1. The Labute approximate surface area is 181 Å². The number of amides is 1. The maximum atomic E-state index is 14.6. The van der Waals surface area contributed by atoms with Crippen molar-refractivity contribution in [1.82, 2.24) is 4.90 Å². The van der Waals surface area contributed by atoms with Crippen molar-refractivity contribution in [3.05, 3.63) is 84.2 Å². The van der Waals surface area contributed by atoms with Crippen LogP contribution in [0.5, 0.6) is 17.2 Å². The standard InChI is InChI=1S/C25H25FN2O3/c1-25(14-15-28(25)17-18-8-6-13-22(30-2)23(18)26)24(29)27-19-9-7-12-21(16-19)31-20-10-4-3-5-11-20/h3-13,16H,14-15,17H2,1-2H3,(H,27,29). The van der Waals surface area contributed by atoms with E-state index in [1.54, 1.807) is 24.3 Å².